The summed E-state index contributed by atoms with van der Waals surface area (Å²) in [6.07, 6.45) is 2.87. The standard InChI is InChI=1S/C14H20O2S/c1-16-13-5-2-11(3-6-13)4-7-14(15)12-8-9-17-10-12/h2-3,5-6,12,14-15H,4,7-10H2,1H3. The predicted octanol–water partition coefficient (Wildman–Crippen LogP) is 2.74. The van der Waals surface area contributed by atoms with Gasteiger partial charge in [0.2, 0.25) is 0 Å². The summed E-state index contributed by atoms with van der Waals surface area (Å²) in [5.74, 6) is 3.74. The average Bonchev–Trinajstić information content (AvgIpc) is 2.90. The molecule has 0 aliphatic carbocycles. The smallest absolute Gasteiger partial charge is 0.118 e. The van der Waals surface area contributed by atoms with Gasteiger partial charge in [-0.1, -0.05) is 12.1 Å². The number of ether oxygens (including phenoxy) is 1. The van der Waals surface area contributed by atoms with Crippen molar-refractivity contribution in [2.45, 2.75) is 25.4 Å². The van der Waals surface area contributed by atoms with Gasteiger partial charge in [-0.25, -0.2) is 0 Å². The van der Waals surface area contributed by atoms with E-state index >= 15 is 0 Å². The van der Waals surface area contributed by atoms with E-state index in [2.05, 4.69) is 12.1 Å². The number of rotatable bonds is 5. The molecule has 2 atom stereocenters. The van der Waals surface area contributed by atoms with Crippen molar-refractivity contribution in [3.8, 4) is 5.75 Å². The van der Waals surface area contributed by atoms with Gasteiger partial charge < -0.3 is 9.84 Å². The van der Waals surface area contributed by atoms with Crippen LogP contribution in [0.5, 0.6) is 5.75 Å². The average molecular weight is 252 g/mol. The molecule has 94 valence electrons. The van der Waals surface area contributed by atoms with Gasteiger partial charge >= 0.3 is 0 Å². The molecule has 3 heteroatoms. The van der Waals surface area contributed by atoms with E-state index in [1.54, 1.807) is 7.11 Å². The van der Waals surface area contributed by atoms with Gasteiger partial charge in [-0.15, -0.1) is 0 Å². The molecule has 1 fully saturated rings. The molecule has 2 rings (SSSR count). The minimum atomic E-state index is -0.132. The summed E-state index contributed by atoms with van der Waals surface area (Å²) in [6.45, 7) is 0. The number of thioether (sulfide) groups is 1. The maximum Gasteiger partial charge on any atom is 0.118 e. The molecule has 1 aromatic rings. The predicted molar refractivity (Wildman–Crippen MR) is 72.8 cm³/mol. The molecule has 1 N–H and O–H groups in total. The van der Waals surface area contributed by atoms with Crippen molar-refractivity contribution in [2.75, 3.05) is 18.6 Å². The van der Waals surface area contributed by atoms with Crippen molar-refractivity contribution in [3.05, 3.63) is 29.8 Å². The van der Waals surface area contributed by atoms with Crippen molar-refractivity contribution in [1.82, 2.24) is 0 Å². The highest BCUT2D eigenvalue weighted by Gasteiger charge is 2.23. The Morgan fingerprint density at radius 2 is 2.18 bits per heavy atom. The van der Waals surface area contributed by atoms with Crippen LogP contribution in [0.1, 0.15) is 18.4 Å². The van der Waals surface area contributed by atoms with Crippen LogP contribution < -0.4 is 4.74 Å². The first-order valence-electron chi connectivity index (χ1n) is 6.18. The minimum Gasteiger partial charge on any atom is -0.497 e. The lowest BCUT2D eigenvalue weighted by molar-refractivity contribution is 0.111. The fraction of sp³-hybridized carbons (Fsp3) is 0.571. The fourth-order valence-corrected chi connectivity index (χ4v) is 3.53. The summed E-state index contributed by atoms with van der Waals surface area (Å²) in [5, 5.41) is 10.1. The highest BCUT2D eigenvalue weighted by molar-refractivity contribution is 7.99. The molecule has 1 aliphatic heterocycles. The van der Waals surface area contributed by atoms with Crippen molar-refractivity contribution < 1.29 is 9.84 Å². The maximum absolute atomic E-state index is 10.1. The molecule has 1 aromatic carbocycles. The van der Waals surface area contributed by atoms with Crippen LogP contribution in [0.2, 0.25) is 0 Å². The zero-order chi connectivity index (χ0) is 12.1. The summed E-state index contributed by atoms with van der Waals surface area (Å²) < 4.78 is 5.12. The van der Waals surface area contributed by atoms with Crippen LogP contribution in [-0.2, 0) is 6.42 Å². The molecular formula is C14H20O2S. The summed E-state index contributed by atoms with van der Waals surface area (Å²) >= 11 is 1.96. The third-order valence-corrected chi connectivity index (χ3v) is 4.59. The molecule has 0 bridgehead atoms. The Labute approximate surface area is 107 Å². The third-order valence-electron chi connectivity index (χ3n) is 3.40. The fourth-order valence-electron chi connectivity index (χ4n) is 2.20. The molecule has 1 heterocycles. The summed E-state index contributed by atoms with van der Waals surface area (Å²) in [5.41, 5.74) is 1.27. The van der Waals surface area contributed by atoms with Gasteiger partial charge in [0, 0.05) is 0 Å². The number of methoxy groups -OCH3 is 1. The Morgan fingerprint density at radius 3 is 2.76 bits per heavy atom. The van der Waals surface area contributed by atoms with Gasteiger partial charge in [-0.3, -0.25) is 0 Å². The summed E-state index contributed by atoms with van der Waals surface area (Å²) in [6, 6.07) is 8.12. The van der Waals surface area contributed by atoms with Crippen molar-refractivity contribution in [2.24, 2.45) is 5.92 Å². The molecule has 1 aliphatic rings. The molecule has 2 nitrogen and oxygen atoms in total. The monoisotopic (exact) mass is 252 g/mol. The maximum atomic E-state index is 10.1. The number of benzene rings is 1. The van der Waals surface area contributed by atoms with Crippen LogP contribution >= 0.6 is 11.8 Å². The van der Waals surface area contributed by atoms with Gasteiger partial charge in [0.05, 0.1) is 13.2 Å². The minimum absolute atomic E-state index is 0.132. The van der Waals surface area contributed by atoms with Crippen LogP contribution in [0.3, 0.4) is 0 Å². The van der Waals surface area contributed by atoms with E-state index in [1.165, 1.54) is 17.7 Å². The van der Waals surface area contributed by atoms with Gasteiger partial charge in [0.15, 0.2) is 0 Å². The number of aliphatic hydroxyl groups excluding tert-OH is 1. The number of aryl methyl sites for hydroxylation is 1. The van der Waals surface area contributed by atoms with E-state index < -0.39 is 0 Å². The van der Waals surface area contributed by atoms with Crippen molar-refractivity contribution in [1.29, 1.82) is 0 Å². The molecule has 0 spiro atoms. The molecular weight excluding hydrogens is 232 g/mol. The summed E-state index contributed by atoms with van der Waals surface area (Å²) in [7, 11) is 1.68. The number of hydrogen-bond donors (Lipinski definition) is 1. The van der Waals surface area contributed by atoms with Crippen LogP contribution in [-0.4, -0.2) is 29.8 Å². The summed E-state index contributed by atoms with van der Waals surface area (Å²) in [4.78, 5) is 0. The second-order valence-corrected chi connectivity index (χ2v) is 5.73. The first kappa shape index (κ1) is 12.8. The quantitative estimate of drug-likeness (QED) is 0.874. The van der Waals surface area contributed by atoms with Crippen LogP contribution in [0, 0.1) is 5.92 Å². The Kier molecular flexibility index (Phi) is 4.75. The lowest BCUT2D eigenvalue weighted by Gasteiger charge is -2.16. The molecule has 2 unspecified atom stereocenters. The van der Waals surface area contributed by atoms with E-state index in [4.69, 9.17) is 4.74 Å². The molecule has 0 amide bonds. The van der Waals surface area contributed by atoms with E-state index in [0.29, 0.717) is 5.92 Å². The molecule has 17 heavy (non-hydrogen) atoms. The Balaban J connectivity index is 1.80. The van der Waals surface area contributed by atoms with Crippen LogP contribution in [0.15, 0.2) is 24.3 Å². The molecule has 1 saturated heterocycles. The van der Waals surface area contributed by atoms with Crippen molar-refractivity contribution in [3.63, 3.8) is 0 Å². The number of hydrogen-bond acceptors (Lipinski definition) is 3. The Hall–Kier alpha value is -0.670. The largest absolute Gasteiger partial charge is 0.497 e. The van der Waals surface area contributed by atoms with Crippen molar-refractivity contribution >= 4 is 11.8 Å². The molecule has 0 aromatic heterocycles. The van der Waals surface area contributed by atoms with Gasteiger partial charge in [-0.05, 0) is 54.4 Å². The first-order valence-corrected chi connectivity index (χ1v) is 7.34. The molecule has 0 saturated carbocycles. The second kappa shape index (κ2) is 6.31. The van der Waals surface area contributed by atoms with E-state index in [9.17, 15) is 5.11 Å². The number of aliphatic hydroxyl groups is 1. The van der Waals surface area contributed by atoms with Crippen LogP contribution in [0.4, 0.5) is 0 Å². The normalized spacial score (nSPS) is 21.4. The topological polar surface area (TPSA) is 29.5 Å². The van der Waals surface area contributed by atoms with Gasteiger partial charge in [-0.2, -0.15) is 11.8 Å². The first-order chi connectivity index (χ1) is 8.29. The Morgan fingerprint density at radius 1 is 1.41 bits per heavy atom. The lowest BCUT2D eigenvalue weighted by atomic mass is 9.96. The van der Waals surface area contributed by atoms with Gasteiger partial charge in [0.25, 0.3) is 0 Å². The highest BCUT2D eigenvalue weighted by atomic mass is 32.2. The van der Waals surface area contributed by atoms with Crippen LogP contribution in [0.25, 0.3) is 0 Å². The van der Waals surface area contributed by atoms with Gasteiger partial charge in [0.1, 0.15) is 5.75 Å². The second-order valence-electron chi connectivity index (χ2n) is 4.58. The Bertz CT molecular complexity index is 331. The third kappa shape index (κ3) is 3.65. The zero-order valence-electron chi connectivity index (χ0n) is 10.3. The zero-order valence-corrected chi connectivity index (χ0v) is 11.1. The van der Waals surface area contributed by atoms with E-state index in [0.717, 1.165) is 24.3 Å². The van der Waals surface area contributed by atoms with E-state index in [1.807, 2.05) is 23.9 Å². The lowest BCUT2D eigenvalue weighted by Crippen LogP contribution is -2.20. The highest BCUT2D eigenvalue weighted by Crippen LogP contribution is 2.28. The SMILES string of the molecule is COc1ccc(CCC(O)C2CCSC2)cc1. The molecule has 0 radical (unpaired) electrons. The van der Waals surface area contributed by atoms with E-state index in [-0.39, 0.29) is 6.10 Å².